The van der Waals surface area contributed by atoms with Gasteiger partial charge in [0.25, 0.3) is 0 Å². The van der Waals surface area contributed by atoms with Crippen LogP contribution in [0.3, 0.4) is 0 Å². The van der Waals surface area contributed by atoms with Crippen molar-refractivity contribution < 1.29 is 4.79 Å². The van der Waals surface area contributed by atoms with Gasteiger partial charge in [0, 0.05) is 45.7 Å². The van der Waals surface area contributed by atoms with E-state index in [9.17, 15) is 4.79 Å². The number of carbonyl (C=O) groups excluding carboxylic acids is 1. The minimum absolute atomic E-state index is 0.188. The van der Waals surface area contributed by atoms with Crippen LogP contribution in [-0.2, 0) is 4.79 Å². The Morgan fingerprint density at radius 2 is 1.93 bits per heavy atom. The third-order valence-electron chi connectivity index (χ3n) is 5.57. The lowest BCUT2D eigenvalue weighted by Crippen LogP contribution is -2.49. The van der Waals surface area contributed by atoms with Gasteiger partial charge in [-0.1, -0.05) is 12.8 Å². The molecule has 1 aliphatic heterocycles. The molecule has 1 amide bonds. The highest BCUT2D eigenvalue weighted by Crippen LogP contribution is 2.27. The summed E-state index contributed by atoms with van der Waals surface area (Å²) in [4.78, 5) is 18.7. The van der Waals surface area contributed by atoms with E-state index in [2.05, 4.69) is 43.4 Å². The molecule has 0 atom stereocenters. The van der Waals surface area contributed by atoms with Gasteiger partial charge in [-0.3, -0.25) is 9.79 Å². The molecule has 6 nitrogen and oxygen atoms in total. The van der Waals surface area contributed by atoms with Crippen molar-refractivity contribution in [3.63, 3.8) is 0 Å². The molecule has 1 saturated heterocycles. The summed E-state index contributed by atoms with van der Waals surface area (Å²) >= 11 is 1.81. The smallest absolute Gasteiger partial charge is 0.220 e. The van der Waals surface area contributed by atoms with Crippen molar-refractivity contribution in [3.8, 4) is 0 Å². The van der Waals surface area contributed by atoms with Crippen LogP contribution in [0.15, 0.2) is 22.5 Å². The van der Waals surface area contributed by atoms with Gasteiger partial charge < -0.3 is 20.9 Å². The molecule has 0 radical (unpaired) electrons. The summed E-state index contributed by atoms with van der Waals surface area (Å²) < 4.78 is 0. The molecule has 3 N–H and O–H groups in total. The molecule has 0 unspecified atom stereocenters. The van der Waals surface area contributed by atoms with Crippen LogP contribution in [0.4, 0.5) is 5.00 Å². The molecule has 2 heterocycles. The number of nitrogens with zero attached hydrogens (tertiary/aromatic N) is 2. The highest BCUT2D eigenvalue weighted by molar-refractivity contribution is 7.14. The minimum Gasteiger partial charge on any atom is -0.363 e. The first-order valence-corrected chi connectivity index (χ1v) is 11.1. The third kappa shape index (κ3) is 6.41. The highest BCUT2D eigenvalue weighted by atomic mass is 32.1. The number of rotatable bonds is 7. The lowest BCUT2D eigenvalue weighted by molar-refractivity contribution is -0.121. The predicted molar refractivity (Wildman–Crippen MR) is 114 cm³/mol. The number of carbonyl (C=O) groups is 1. The van der Waals surface area contributed by atoms with Crippen LogP contribution in [0.1, 0.15) is 44.9 Å². The van der Waals surface area contributed by atoms with Gasteiger partial charge in [0.1, 0.15) is 0 Å². The maximum Gasteiger partial charge on any atom is 0.220 e. The monoisotopic (exact) mass is 391 g/mol. The van der Waals surface area contributed by atoms with E-state index in [0.29, 0.717) is 31.5 Å². The summed E-state index contributed by atoms with van der Waals surface area (Å²) in [5.41, 5.74) is 0. The Balaban J connectivity index is 1.28. The lowest BCUT2D eigenvalue weighted by Gasteiger charge is -2.33. The zero-order valence-electron chi connectivity index (χ0n) is 16.4. The van der Waals surface area contributed by atoms with E-state index in [4.69, 9.17) is 0 Å². The van der Waals surface area contributed by atoms with Crippen molar-refractivity contribution in [1.29, 1.82) is 0 Å². The van der Waals surface area contributed by atoms with Crippen LogP contribution in [0.25, 0.3) is 0 Å². The van der Waals surface area contributed by atoms with Gasteiger partial charge >= 0.3 is 0 Å². The molecule has 1 saturated carbocycles. The molecule has 2 aliphatic rings. The first-order chi connectivity index (χ1) is 13.2. The van der Waals surface area contributed by atoms with E-state index in [0.717, 1.165) is 31.9 Å². The second kappa shape index (κ2) is 10.5. The van der Waals surface area contributed by atoms with Crippen molar-refractivity contribution in [1.82, 2.24) is 16.0 Å². The fourth-order valence-electron chi connectivity index (χ4n) is 4.01. The summed E-state index contributed by atoms with van der Waals surface area (Å²) in [6, 6.07) is 4.76. The van der Waals surface area contributed by atoms with Gasteiger partial charge in [0.05, 0.1) is 5.00 Å². The number of thiophene rings is 1. The number of hydrogen-bond acceptors (Lipinski definition) is 4. The number of nitrogens with one attached hydrogen (secondary N) is 3. The van der Waals surface area contributed by atoms with E-state index in [1.807, 2.05) is 11.3 Å². The average Bonchev–Trinajstić information content (AvgIpc) is 3.39. The number of amides is 1. The minimum atomic E-state index is 0.188. The Hall–Kier alpha value is -1.76. The molecule has 0 bridgehead atoms. The number of aliphatic imine (C=N–C) groups is 1. The summed E-state index contributed by atoms with van der Waals surface area (Å²) in [5.74, 6) is 1.62. The first kappa shape index (κ1) is 20.0. The van der Waals surface area contributed by atoms with Crippen molar-refractivity contribution >= 4 is 28.2 Å². The molecule has 0 aromatic carbocycles. The Kier molecular flexibility index (Phi) is 7.80. The predicted octanol–water partition coefficient (Wildman–Crippen LogP) is 2.58. The molecule has 1 aromatic rings. The van der Waals surface area contributed by atoms with Crippen LogP contribution in [0.5, 0.6) is 0 Å². The summed E-state index contributed by atoms with van der Waals surface area (Å²) in [7, 11) is 1.80. The quantitative estimate of drug-likeness (QED) is 0.380. The van der Waals surface area contributed by atoms with Gasteiger partial charge in [-0.2, -0.15) is 0 Å². The van der Waals surface area contributed by atoms with Crippen molar-refractivity contribution in [2.45, 2.75) is 51.0 Å². The van der Waals surface area contributed by atoms with Gasteiger partial charge in [-0.05, 0) is 49.1 Å². The second-order valence-corrected chi connectivity index (χ2v) is 8.49. The van der Waals surface area contributed by atoms with E-state index in [1.54, 1.807) is 7.05 Å². The number of hydrogen-bond donors (Lipinski definition) is 3. The maximum absolute atomic E-state index is 12.0. The Bertz CT molecular complexity index is 590. The van der Waals surface area contributed by atoms with Gasteiger partial charge in [0.2, 0.25) is 5.91 Å². The van der Waals surface area contributed by atoms with Crippen LogP contribution in [0.2, 0.25) is 0 Å². The molecule has 2 fully saturated rings. The summed E-state index contributed by atoms with van der Waals surface area (Å²) in [5, 5.41) is 13.4. The van der Waals surface area contributed by atoms with Crippen LogP contribution in [-0.4, -0.2) is 51.1 Å². The van der Waals surface area contributed by atoms with E-state index < -0.39 is 0 Å². The zero-order chi connectivity index (χ0) is 18.9. The first-order valence-electron chi connectivity index (χ1n) is 10.3. The third-order valence-corrected chi connectivity index (χ3v) is 6.49. The van der Waals surface area contributed by atoms with E-state index in [1.165, 1.54) is 30.7 Å². The number of guanidine groups is 1. The molecule has 0 spiro atoms. The lowest BCUT2D eigenvalue weighted by atomic mass is 10.0. The van der Waals surface area contributed by atoms with Crippen molar-refractivity contribution in [3.05, 3.63) is 17.5 Å². The fraction of sp³-hybridized carbons (Fsp3) is 0.700. The Morgan fingerprint density at radius 1 is 1.19 bits per heavy atom. The van der Waals surface area contributed by atoms with Gasteiger partial charge in [0.15, 0.2) is 5.96 Å². The van der Waals surface area contributed by atoms with Crippen molar-refractivity contribution in [2.24, 2.45) is 10.9 Å². The molecule has 150 valence electrons. The van der Waals surface area contributed by atoms with Crippen molar-refractivity contribution in [2.75, 3.05) is 38.1 Å². The van der Waals surface area contributed by atoms with Crippen LogP contribution in [0, 0.1) is 5.92 Å². The SMILES string of the molecule is CN=C(NCCNC(=O)CC1CCCC1)NC1CCN(c2cccs2)CC1. The summed E-state index contributed by atoms with van der Waals surface area (Å²) in [6.45, 7) is 3.49. The average molecular weight is 392 g/mol. The molecular weight excluding hydrogens is 358 g/mol. The maximum atomic E-state index is 12.0. The van der Waals surface area contributed by atoms with Crippen LogP contribution < -0.4 is 20.9 Å². The number of piperidine rings is 1. The highest BCUT2D eigenvalue weighted by Gasteiger charge is 2.21. The van der Waals surface area contributed by atoms with E-state index >= 15 is 0 Å². The second-order valence-electron chi connectivity index (χ2n) is 7.56. The largest absolute Gasteiger partial charge is 0.363 e. The Labute approximate surface area is 166 Å². The number of anilines is 1. The molecule has 27 heavy (non-hydrogen) atoms. The zero-order valence-corrected chi connectivity index (χ0v) is 17.2. The summed E-state index contributed by atoms with van der Waals surface area (Å²) in [6.07, 6.45) is 7.91. The fourth-order valence-corrected chi connectivity index (χ4v) is 4.80. The molecule has 1 aliphatic carbocycles. The van der Waals surface area contributed by atoms with E-state index in [-0.39, 0.29) is 5.91 Å². The molecule has 7 heteroatoms. The normalized spacial score (nSPS) is 19.3. The molecular formula is C20H33N5OS. The molecule has 1 aromatic heterocycles. The molecule has 3 rings (SSSR count). The topological polar surface area (TPSA) is 68.8 Å². The standard InChI is InChI=1S/C20H33N5OS/c1-21-20(23-11-10-22-18(26)15-16-5-2-3-6-16)24-17-8-12-25(13-9-17)19-7-4-14-27-19/h4,7,14,16-17H,2-3,5-6,8-13,15H2,1H3,(H,22,26)(H2,21,23,24). The Morgan fingerprint density at radius 3 is 2.59 bits per heavy atom. The van der Waals surface area contributed by atoms with Gasteiger partial charge in [-0.15, -0.1) is 11.3 Å². The van der Waals surface area contributed by atoms with Crippen LogP contribution >= 0.6 is 11.3 Å². The van der Waals surface area contributed by atoms with Gasteiger partial charge in [-0.25, -0.2) is 0 Å².